The summed E-state index contributed by atoms with van der Waals surface area (Å²) < 4.78 is 1.87. The number of likely N-dealkylation sites (tertiary alicyclic amines) is 1. The predicted molar refractivity (Wildman–Crippen MR) is 54.1 cm³/mol. The van der Waals surface area contributed by atoms with Crippen LogP contribution in [0.25, 0.3) is 0 Å². The Bertz CT molecular complexity index is 326. The minimum Gasteiger partial charge on any atom is -0.392 e. The largest absolute Gasteiger partial charge is 0.392 e. The molecule has 1 N–H and O–H groups in total. The average molecular weight is 216 g/mol. The van der Waals surface area contributed by atoms with E-state index < -0.39 is 0 Å². The maximum absolute atomic E-state index is 9.36. The number of aliphatic hydroxyl groups excluding tert-OH is 1. The zero-order valence-electron chi connectivity index (χ0n) is 8.15. The van der Waals surface area contributed by atoms with Crippen LogP contribution in [0.1, 0.15) is 12.2 Å². The van der Waals surface area contributed by atoms with Gasteiger partial charge in [0.2, 0.25) is 0 Å². The van der Waals surface area contributed by atoms with Gasteiger partial charge in [-0.2, -0.15) is 0 Å². The molecule has 2 rings (SSSR count). The van der Waals surface area contributed by atoms with Crippen LogP contribution in [0.3, 0.4) is 0 Å². The van der Waals surface area contributed by atoms with Gasteiger partial charge < -0.3 is 9.67 Å². The normalized spacial score (nSPS) is 23.2. The van der Waals surface area contributed by atoms with Gasteiger partial charge in [-0.3, -0.25) is 4.90 Å². The highest BCUT2D eigenvalue weighted by atomic mass is 35.5. The topological polar surface area (TPSA) is 41.3 Å². The number of hydrogen-bond donors (Lipinski definition) is 1. The Morgan fingerprint density at radius 2 is 2.50 bits per heavy atom. The van der Waals surface area contributed by atoms with Crippen molar-refractivity contribution >= 4 is 11.6 Å². The summed E-state index contributed by atoms with van der Waals surface area (Å²) in [6.45, 7) is 2.44. The molecule has 0 saturated carbocycles. The van der Waals surface area contributed by atoms with Gasteiger partial charge in [-0.15, -0.1) is 0 Å². The Kier molecular flexibility index (Phi) is 2.76. The lowest BCUT2D eigenvalue weighted by Crippen LogP contribution is -2.23. The zero-order chi connectivity index (χ0) is 10.1. The van der Waals surface area contributed by atoms with Crippen molar-refractivity contribution in [3.05, 3.63) is 17.2 Å². The number of rotatable bonds is 2. The summed E-state index contributed by atoms with van der Waals surface area (Å²) in [5.41, 5.74) is 0. The molecule has 0 unspecified atom stereocenters. The molecule has 0 bridgehead atoms. The molecule has 1 aromatic rings. The van der Waals surface area contributed by atoms with Crippen LogP contribution in [0.15, 0.2) is 6.20 Å². The summed E-state index contributed by atoms with van der Waals surface area (Å²) in [5.74, 6) is 0.948. The number of nitrogens with zero attached hydrogens (tertiary/aromatic N) is 3. The molecule has 1 aromatic heterocycles. The Balaban J connectivity index is 2.01. The molecule has 1 fully saturated rings. The molecule has 14 heavy (non-hydrogen) atoms. The smallest absolute Gasteiger partial charge is 0.128 e. The SMILES string of the molecule is Cn1c(Cl)cnc1CN1CC[C@@H](O)C1. The summed E-state index contributed by atoms with van der Waals surface area (Å²) in [6, 6.07) is 0. The van der Waals surface area contributed by atoms with Crippen molar-refractivity contribution in [2.75, 3.05) is 13.1 Å². The van der Waals surface area contributed by atoms with Crippen molar-refractivity contribution < 1.29 is 5.11 Å². The number of aliphatic hydroxyl groups is 1. The molecule has 1 saturated heterocycles. The fourth-order valence-corrected chi connectivity index (χ4v) is 1.87. The third kappa shape index (κ3) is 1.92. The van der Waals surface area contributed by atoms with Gasteiger partial charge in [0.05, 0.1) is 18.8 Å². The second-order valence-corrected chi connectivity index (χ2v) is 4.12. The van der Waals surface area contributed by atoms with Crippen LogP contribution in [-0.2, 0) is 13.6 Å². The quantitative estimate of drug-likeness (QED) is 0.788. The second kappa shape index (κ2) is 3.88. The van der Waals surface area contributed by atoms with E-state index in [1.54, 1.807) is 6.20 Å². The molecule has 1 aliphatic rings. The Labute approximate surface area is 88.1 Å². The van der Waals surface area contributed by atoms with Gasteiger partial charge in [-0.05, 0) is 6.42 Å². The number of β-amino-alcohol motifs (C(OH)–C–C–N with tert-alkyl or cyclic N) is 1. The molecular weight excluding hydrogens is 202 g/mol. The van der Waals surface area contributed by atoms with Crippen LogP contribution in [0.4, 0.5) is 0 Å². The Morgan fingerprint density at radius 3 is 3.00 bits per heavy atom. The first-order chi connectivity index (χ1) is 6.66. The first kappa shape index (κ1) is 9.96. The lowest BCUT2D eigenvalue weighted by atomic mass is 10.3. The van der Waals surface area contributed by atoms with Crippen LogP contribution < -0.4 is 0 Å². The minimum absolute atomic E-state index is 0.175. The average Bonchev–Trinajstić information content (AvgIpc) is 2.67. The lowest BCUT2D eigenvalue weighted by molar-refractivity contribution is 0.173. The van der Waals surface area contributed by atoms with Crippen LogP contribution in [0, 0.1) is 0 Å². The van der Waals surface area contributed by atoms with E-state index in [9.17, 15) is 5.11 Å². The first-order valence-electron chi connectivity index (χ1n) is 4.73. The summed E-state index contributed by atoms with van der Waals surface area (Å²) >= 11 is 5.88. The third-order valence-electron chi connectivity index (χ3n) is 2.64. The highest BCUT2D eigenvalue weighted by molar-refractivity contribution is 6.29. The second-order valence-electron chi connectivity index (χ2n) is 3.73. The lowest BCUT2D eigenvalue weighted by Gasteiger charge is -2.14. The number of imidazole rings is 1. The maximum Gasteiger partial charge on any atom is 0.128 e. The maximum atomic E-state index is 9.36. The van der Waals surface area contributed by atoms with Crippen molar-refractivity contribution in [1.82, 2.24) is 14.5 Å². The highest BCUT2D eigenvalue weighted by Gasteiger charge is 2.21. The van der Waals surface area contributed by atoms with E-state index in [0.717, 1.165) is 31.9 Å². The molecule has 0 aromatic carbocycles. The third-order valence-corrected chi connectivity index (χ3v) is 2.99. The van der Waals surface area contributed by atoms with Crippen LogP contribution in [0.5, 0.6) is 0 Å². The molecule has 0 spiro atoms. The molecule has 4 nitrogen and oxygen atoms in total. The van der Waals surface area contributed by atoms with Gasteiger partial charge in [0.25, 0.3) is 0 Å². The molecular formula is C9H14ClN3O. The molecule has 0 radical (unpaired) electrons. The van der Waals surface area contributed by atoms with E-state index >= 15 is 0 Å². The van der Waals surface area contributed by atoms with E-state index in [-0.39, 0.29) is 6.10 Å². The standard InChI is InChI=1S/C9H14ClN3O/c1-12-8(10)4-11-9(12)6-13-3-2-7(14)5-13/h4,7,14H,2-3,5-6H2,1H3/t7-/m1/s1. The molecule has 1 atom stereocenters. The molecule has 1 aliphatic heterocycles. The number of aromatic nitrogens is 2. The van der Waals surface area contributed by atoms with Crippen LogP contribution in [-0.4, -0.2) is 38.8 Å². The molecule has 2 heterocycles. The summed E-state index contributed by atoms with van der Waals surface area (Å²) in [4.78, 5) is 6.40. The van der Waals surface area contributed by atoms with Gasteiger partial charge in [0, 0.05) is 20.1 Å². The van der Waals surface area contributed by atoms with Gasteiger partial charge in [0.1, 0.15) is 11.0 Å². The monoisotopic (exact) mass is 215 g/mol. The minimum atomic E-state index is -0.175. The van der Waals surface area contributed by atoms with Crippen molar-refractivity contribution in [1.29, 1.82) is 0 Å². The van der Waals surface area contributed by atoms with Gasteiger partial charge in [0.15, 0.2) is 0 Å². The predicted octanol–water partition coefficient (Wildman–Crippen LogP) is 0.640. The summed E-state index contributed by atoms with van der Waals surface area (Å²) in [7, 11) is 1.90. The van der Waals surface area contributed by atoms with Gasteiger partial charge >= 0.3 is 0 Å². The Morgan fingerprint density at radius 1 is 1.71 bits per heavy atom. The fraction of sp³-hybridized carbons (Fsp3) is 0.667. The number of hydrogen-bond acceptors (Lipinski definition) is 3. The van der Waals surface area contributed by atoms with Gasteiger partial charge in [-0.25, -0.2) is 4.98 Å². The van der Waals surface area contributed by atoms with Crippen molar-refractivity contribution in [2.24, 2.45) is 7.05 Å². The molecule has 5 heteroatoms. The zero-order valence-corrected chi connectivity index (χ0v) is 8.91. The van der Waals surface area contributed by atoms with E-state index in [4.69, 9.17) is 11.6 Å². The Hall–Kier alpha value is -0.580. The summed E-state index contributed by atoms with van der Waals surface area (Å²) in [5, 5.41) is 10.0. The number of halogens is 1. The van der Waals surface area contributed by atoms with E-state index in [2.05, 4.69) is 9.88 Å². The summed E-state index contributed by atoms with van der Waals surface area (Å²) in [6.07, 6.45) is 2.34. The van der Waals surface area contributed by atoms with E-state index in [1.165, 1.54) is 0 Å². The fourth-order valence-electron chi connectivity index (χ4n) is 1.73. The molecule has 0 amide bonds. The highest BCUT2D eigenvalue weighted by Crippen LogP contribution is 2.15. The van der Waals surface area contributed by atoms with E-state index in [0.29, 0.717) is 5.15 Å². The van der Waals surface area contributed by atoms with Gasteiger partial charge in [-0.1, -0.05) is 11.6 Å². The van der Waals surface area contributed by atoms with Crippen LogP contribution >= 0.6 is 11.6 Å². The first-order valence-corrected chi connectivity index (χ1v) is 5.11. The van der Waals surface area contributed by atoms with Crippen molar-refractivity contribution in [2.45, 2.75) is 19.1 Å². The molecule has 78 valence electrons. The van der Waals surface area contributed by atoms with Crippen molar-refractivity contribution in [3.63, 3.8) is 0 Å². The van der Waals surface area contributed by atoms with Crippen LogP contribution in [0.2, 0.25) is 5.15 Å². The molecule has 0 aliphatic carbocycles. The van der Waals surface area contributed by atoms with E-state index in [1.807, 2.05) is 11.6 Å². The van der Waals surface area contributed by atoms with Crippen molar-refractivity contribution in [3.8, 4) is 0 Å².